The Hall–Kier alpha value is -3.97. The summed E-state index contributed by atoms with van der Waals surface area (Å²) in [5.74, 6) is 3.50. The second-order valence-electron chi connectivity index (χ2n) is 8.04. The zero-order valence-electron chi connectivity index (χ0n) is 18.4. The van der Waals surface area contributed by atoms with E-state index in [1.165, 1.54) is 5.56 Å². The third-order valence-corrected chi connectivity index (χ3v) is 5.36. The van der Waals surface area contributed by atoms with Crippen LogP contribution in [-0.2, 0) is 0 Å². The summed E-state index contributed by atoms with van der Waals surface area (Å²) in [5, 5.41) is 0.803. The number of aromatic nitrogens is 2. The van der Waals surface area contributed by atoms with E-state index in [-0.39, 0.29) is 18.2 Å². The minimum absolute atomic E-state index is 0.168. The number of carbonyl (C=O) groups is 1. The molecule has 158 valence electrons. The quantitative estimate of drug-likeness (QED) is 0.285. The van der Waals surface area contributed by atoms with Gasteiger partial charge in [-0.1, -0.05) is 73.9 Å². The van der Waals surface area contributed by atoms with Crippen LogP contribution >= 0.6 is 0 Å². The number of carbonyl (C=O) groups excluding carboxylic acids is 1. The molecule has 1 heterocycles. The van der Waals surface area contributed by atoms with E-state index < -0.39 is 0 Å². The number of ether oxygens (including phenoxy) is 1. The van der Waals surface area contributed by atoms with Gasteiger partial charge in [-0.05, 0) is 36.6 Å². The summed E-state index contributed by atoms with van der Waals surface area (Å²) in [6.45, 7) is 6.47. The first-order valence-electron chi connectivity index (χ1n) is 10.6. The molecule has 1 aromatic heterocycles. The molecular weight excluding hydrogens is 396 g/mol. The van der Waals surface area contributed by atoms with E-state index in [1.54, 1.807) is 18.2 Å². The Morgan fingerprint density at radius 3 is 2.38 bits per heavy atom. The maximum absolute atomic E-state index is 13.2. The molecule has 4 heteroatoms. The van der Waals surface area contributed by atoms with Gasteiger partial charge < -0.3 is 4.74 Å². The molecule has 0 fully saturated rings. The molecule has 0 spiro atoms. The van der Waals surface area contributed by atoms with E-state index in [9.17, 15) is 4.79 Å². The molecule has 32 heavy (non-hydrogen) atoms. The minimum Gasteiger partial charge on any atom is -0.481 e. The van der Waals surface area contributed by atoms with Crippen molar-refractivity contribution in [3.8, 4) is 29.4 Å². The van der Waals surface area contributed by atoms with E-state index >= 15 is 0 Å². The average molecular weight is 421 g/mol. The predicted molar refractivity (Wildman–Crippen MR) is 128 cm³/mol. The normalized spacial score (nSPS) is 10.8. The predicted octanol–water partition coefficient (Wildman–Crippen LogP) is 5.97. The van der Waals surface area contributed by atoms with Crippen LogP contribution in [0.2, 0.25) is 0 Å². The lowest BCUT2D eigenvalue weighted by Crippen LogP contribution is -2.09. The van der Waals surface area contributed by atoms with Gasteiger partial charge in [-0.3, -0.25) is 4.79 Å². The monoisotopic (exact) mass is 420 g/mol. The second kappa shape index (κ2) is 9.03. The van der Waals surface area contributed by atoms with Crippen molar-refractivity contribution in [2.75, 3.05) is 6.61 Å². The van der Waals surface area contributed by atoms with E-state index in [0.717, 1.165) is 16.5 Å². The Balaban J connectivity index is 1.87. The van der Waals surface area contributed by atoms with Crippen LogP contribution in [0.1, 0.15) is 47.1 Å². The Labute approximate surface area is 188 Å². The summed E-state index contributed by atoms with van der Waals surface area (Å²) in [4.78, 5) is 22.4. The minimum atomic E-state index is -0.209. The molecule has 3 aromatic carbocycles. The lowest BCUT2D eigenvalue weighted by atomic mass is 9.99. The van der Waals surface area contributed by atoms with Crippen molar-refractivity contribution in [1.29, 1.82) is 0 Å². The maximum atomic E-state index is 13.2. The molecular formula is C28H24N2O2. The number of hydrogen-bond donors (Lipinski definition) is 0. The summed E-state index contributed by atoms with van der Waals surface area (Å²) >= 11 is 0. The van der Waals surface area contributed by atoms with Crippen molar-refractivity contribution in [2.45, 2.75) is 26.7 Å². The van der Waals surface area contributed by atoms with Gasteiger partial charge in [0, 0.05) is 16.5 Å². The van der Waals surface area contributed by atoms with Crippen molar-refractivity contribution in [2.24, 2.45) is 0 Å². The standard InChI is InChI=1S/C28H24N2O2/c1-5-16-32-23-14-15-25-24(17-23)26(21-12-10-20(11-13-21)18(2)3)30-28(29-25)27(31)22-8-6-19(4)7-9-22/h1,6-15,17-18H,16H2,2-4H3. The van der Waals surface area contributed by atoms with E-state index in [1.807, 2.05) is 43.3 Å². The highest BCUT2D eigenvalue weighted by atomic mass is 16.5. The molecule has 0 amide bonds. The molecule has 4 aromatic rings. The number of benzene rings is 3. The first kappa shape index (κ1) is 21.3. The molecule has 0 radical (unpaired) electrons. The average Bonchev–Trinajstić information content (AvgIpc) is 2.82. The third-order valence-electron chi connectivity index (χ3n) is 5.36. The molecule has 0 saturated heterocycles. The zero-order valence-corrected chi connectivity index (χ0v) is 18.4. The lowest BCUT2D eigenvalue weighted by Gasteiger charge is -2.12. The third kappa shape index (κ3) is 4.38. The molecule has 0 unspecified atom stereocenters. The van der Waals surface area contributed by atoms with Crippen LogP contribution in [0.4, 0.5) is 0 Å². The molecule has 0 atom stereocenters. The van der Waals surface area contributed by atoms with Crippen LogP contribution < -0.4 is 4.74 Å². The highest BCUT2D eigenvalue weighted by molar-refractivity contribution is 6.08. The number of fused-ring (bicyclic) bond motifs is 1. The fourth-order valence-electron chi connectivity index (χ4n) is 3.50. The molecule has 0 aliphatic rings. The summed E-state index contributed by atoms with van der Waals surface area (Å²) < 4.78 is 5.60. The Morgan fingerprint density at radius 1 is 1.00 bits per heavy atom. The second-order valence-corrected chi connectivity index (χ2v) is 8.04. The largest absolute Gasteiger partial charge is 0.481 e. The summed E-state index contributed by atoms with van der Waals surface area (Å²) in [6, 6.07) is 21.2. The topological polar surface area (TPSA) is 52.1 Å². The zero-order chi connectivity index (χ0) is 22.7. The van der Waals surface area contributed by atoms with Crippen molar-refractivity contribution < 1.29 is 9.53 Å². The van der Waals surface area contributed by atoms with Crippen LogP contribution in [-0.4, -0.2) is 22.4 Å². The summed E-state index contributed by atoms with van der Waals surface area (Å²) in [7, 11) is 0. The van der Waals surface area contributed by atoms with E-state index in [4.69, 9.17) is 16.1 Å². The summed E-state index contributed by atoms with van der Waals surface area (Å²) in [6.07, 6.45) is 5.33. The van der Waals surface area contributed by atoms with Crippen LogP contribution in [0.5, 0.6) is 5.75 Å². The highest BCUT2D eigenvalue weighted by Gasteiger charge is 2.18. The fourth-order valence-corrected chi connectivity index (χ4v) is 3.50. The molecule has 0 bridgehead atoms. The number of rotatable bonds is 6. The van der Waals surface area contributed by atoms with Gasteiger partial charge in [0.25, 0.3) is 0 Å². The molecule has 0 aliphatic carbocycles. The van der Waals surface area contributed by atoms with Crippen LogP contribution in [0.3, 0.4) is 0 Å². The first-order chi connectivity index (χ1) is 15.5. The number of ketones is 1. The van der Waals surface area contributed by atoms with E-state index in [0.29, 0.717) is 28.4 Å². The molecule has 0 saturated carbocycles. The number of aryl methyl sites for hydroxylation is 1. The Morgan fingerprint density at radius 2 is 1.72 bits per heavy atom. The number of nitrogens with zero attached hydrogens (tertiary/aromatic N) is 2. The van der Waals surface area contributed by atoms with Crippen molar-refractivity contribution in [3.05, 3.63) is 89.2 Å². The van der Waals surface area contributed by atoms with Crippen molar-refractivity contribution in [3.63, 3.8) is 0 Å². The van der Waals surface area contributed by atoms with Gasteiger partial charge in [-0.15, -0.1) is 6.42 Å². The van der Waals surface area contributed by atoms with Crippen molar-refractivity contribution in [1.82, 2.24) is 9.97 Å². The number of hydrogen-bond acceptors (Lipinski definition) is 4. The van der Waals surface area contributed by atoms with E-state index in [2.05, 4.69) is 36.9 Å². The van der Waals surface area contributed by atoms with Crippen molar-refractivity contribution >= 4 is 16.7 Å². The number of terminal acetylenes is 1. The SMILES string of the molecule is C#CCOc1ccc2nc(C(=O)c3ccc(C)cc3)nc(-c3ccc(C(C)C)cc3)c2c1. The van der Waals surface area contributed by atoms with Gasteiger partial charge in [0.15, 0.2) is 0 Å². The van der Waals surface area contributed by atoms with Crippen LogP contribution in [0.15, 0.2) is 66.7 Å². The smallest absolute Gasteiger partial charge is 0.230 e. The van der Waals surface area contributed by atoms with Gasteiger partial charge in [0.1, 0.15) is 12.4 Å². The lowest BCUT2D eigenvalue weighted by molar-refractivity contribution is 0.103. The van der Waals surface area contributed by atoms with Gasteiger partial charge in [0.05, 0.1) is 11.2 Å². The molecule has 4 nitrogen and oxygen atoms in total. The first-order valence-corrected chi connectivity index (χ1v) is 10.6. The van der Waals surface area contributed by atoms with Gasteiger partial charge in [0.2, 0.25) is 11.6 Å². The molecule has 4 rings (SSSR count). The van der Waals surface area contributed by atoms with Crippen LogP contribution in [0, 0.1) is 19.3 Å². The van der Waals surface area contributed by atoms with Gasteiger partial charge >= 0.3 is 0 Å². The van der Waals surface area contributed by atoms with Crippen LogP contribution in [0.25, 0.3) is 22.2 Å². The van der Waals surface area contributed by atoms with Gasteiger partial charge in [-0.2, -0.15) is 0 Å². The Bertz CT molecular complexity index is 1310. The Kier molecular flexibility index (Phi) is 6.00. The highest BCUT2D eigenvalue weighted by Crippen LogP contribution is 2.30. The summed E-state index contributed by atoms with van der Waals surface area (Å²) in [5.41, 5.74) is 5.16. The van der Waals surface area contributed by atoms with Gasteiger partial charge in [-0.25, -0.2) is 9.97 Å². The maximum Gasteiger partial charge on any atom is 0.230 e. The fraction of sp³-hybridized carbons (Fsp3) is 0.179. The molecule has 0 N–H and O–H groups in total. The molecule has 0 aliphatic heterocycles.